The molecule has 0 amide bonds. The highest BCUT2D eigenvalue weighted by Crippen LogP contribution is 2.41. The summed E-state index contributed by atoms with van der Waals surface area (Å²) in [5, 5.41) is -0.352. The molecular weight excluding hydrogens is 353 g/mol. The third-order valence-electron chi connectivity index (χ3n) is 2.82. The number of hydrogen-bond donors (Lipinski definition) is 0. The van der Waals surface area contributed by atoms with Gasteiger partial charge in [0.15, 0.2) is 0 Å². The van der Waals surface area contributed by atoms with Crippen LogP contribution >= 0.6 is 23.2 Å². The summed E-state index contributed by atoms with van der Waals surface area (Å²) in [6.07, 6.45) is -9.46. The lowest BCUT2D eigenvalue weighted by molar-refractivity contribution is -0.137. The minimum atomic E-state index is -4.74. The third-order valence-corrected chi connectivity index (χ3v) is 3.28. The lowest BCUT2D eigenvalue weighted by Gasteiger charge is -2.15. The second-order valence-electron chi connectivity index (χ2n) is 4.41. The van der Waals surface area contributed by atoms with Crippen LogP contribution in [0.1, 0.15) is 11.1 Å². The van der Waals surface area contributed by atoms with Crippen molar-refractivity contribution < 1.29 is 26.3 Å². The fourth-order valence-corrected chi connectivity index (χ4v) is 2.32. The van der Waals surface area contributed by atoms with E-state index in [9.17, 15) is 26.3 Å². The number of halogens is 8. The molecule has 0 aromatic heterocycles. The topological polar surface area (TPSA) is 0 Å². The van der Waals surface area contributed by atoms with E-state index in [-0.39, 0.29) is 15.6 Å². The quantitative estimate of drug-likeness (QED) is 0.497. The van der Waals surface area contributed by atoms with Crippen LogP contribution in [0.3, 0.4) is 0 Å². The fourth-order valence-electron chi connectivity index (χ4n) is 1.91. The van der Waals surface area contributed by atoms with E-state index in [1.807, 2.05) is 0 Å². The molecule has 2 aromatic carbocycles. The molecule has 2 aromatic rings. The van der Waals surface area contributed by atoms with E-state index in [0.717, 1.165) is 18.2 Å². The van der Waals surface area contributed by atoms with Crippen molar-refractivity contribution >= 4 is 23.2 Å². The molecule has 118 valence electrons. The van der Waals surface area contributed by atoms with Gasteiger partial charge in [-0.25, -0.2) is 0 Å². The Morgan fingerprint density at radius 1 is 0.682 bits per heavy atom. The van der Waals surface area contributed by atoms with Crippen molar-refractivity contribution in [1.82, 2.24) is 0 Å². The highest BCUT2D eigenvalue weighted by atomic mass is 35.5. The highest BCUT2D eigenvalue weighted by Gasteiger charge is 2.35. The molecule has 0 saturated heterocycles. The van der Waals surface area contributed by atoms with Gasteiger partial charge in [0.05, 0.1) is 11.1 Å². The highest BCUT2D eigenvalue weighted by molar-refractivity contribution is 6.31. The summed E-state index contributed by atoms with van der Waals surface area (Å²) >= 11 is 11.3. The van der Waals surface area contributed by atoms with E-state index in [0.29, 0.717) is 18.2 Å². The van der Waals surface area contributed by atoms with Crippen LogP contribution in [0.25, 0.3) is 11.1 Å². The molecule has 0 saturated carbocycles. The van der Waals surface area contributed by atoms with Gasteiger partial charge in [-0.3, -0.25) is 0 Å². The Morgan fingerprint density at radius 3 is 1.86 bits per heavy atom. The minimum Gasteiger partial charge on any atom is -0.166 e. The second kappa shape index (κ2) is 5.66. The van der Waals surface area contributed by atoms with Crippen molar-refractivity contribution in [1.29, 1.82) is 0 Å². The summed E-state index contributed by atoms with van der Waals surface area (Å²) in [5.74, 6) is 0. The summed E-state index contributed by atoms with van der Waals surface area (Å²) in [4.78, 5) is 0. The van der Waals surface area contributed by atoms with Crippen LogP contribution in [0.5, 0.6) is 0 Å². The van der Waals surface area contributed by atoms with Gasteiger partial charge in [-0.2, -0.15) is 26.3 Å². The third kappa shape index (κ3) is 3.67. The normalized spacial score (nSPS) is 12.5. The predicted octanol–water partition coefficient (Wildman–Crippen LogP) is 6.70. The van der Waals surface area contributed by atoms with E-state index in [4.69, 9.17) is 23.2 Å². The summed E-state index contributed by atoms with van der Waals surface area (Å²) in [6, 6.07) is 4.96. The van der Waals surface area contributed by atoms with Crippen molar-refractivity contribution in [2.45, 2.75) is 12.4 Å². The van der Waals surface area contributed by atoms with Gasteiger partial charge >= 0.3 is 12.4 Å². The Balaban J connectivity index is 2.72. The van der Waals surface area contributed by atoms with Crippen LogP contribution in [0.2, 0.25) is 10.0 Å². The first-order valence-electron chi connectivity index (χ1n) is 5.73. The van der Waals surface area contributed by atoms with E-state index >= 15 is 0 Å². The summed E-state index contributed by atoms with van der Waals surface area (Å²) in [5.41, 5.74) is -3.00. The monoisotopic (exact) mass is 358 g/mol. The van der Waals surface area contributed by atoms with E-state index < -0.39 is 29.0 Å². The zero-order valence-corrected chi connectivity index (χ0v) is 12.0. The first-order valence-corrected chi connectivity index (χ1v) is 6.49. The number of hydrogen-bond acceptors (Lipinski definition) is 0. The second-order valence-corrected chi connectivity index (χ2v) is 5.29. The maximum Gasteiger partial charge on any atom is 0.417 e. The molecule has 0 fully saturated rings. The van der Waals surface area contributed by atoms with Crippen molar-refractivity contribution in [3.05, 3.63) is 57.6 Å². The van der Waals surface area contributed by atoms with Crippen LogP contribution in [0.4, 0.5) is 26.3 Å². The summed E-state index contributed by atoms with van der Waals surface area (Å²) in [7, 11) is 0. The van der Waals surface area contributed by atoms with Crippen LogP contribution in [0.15, 0.2) is 36.4 Å². The van der Waals surface area contributed by atoms with E-state index in [1.165, 1.54) is 0 Å². The fraction of sp³-hybridized carbons (Fsp3) is 0.143. The van der Waals surface area contributed by atoms with Crippen molar-refractivity contribution in [2.24, 2.45) is 0 Å². The summed E-state index contributed by atoms with van der Waals surface area (Å²) in [6.45, 7) is 0. The van der Waals surface area contributed by atoms with Gasteiger partial charge in [0, 0.05) is 10.0 Å². The molecular formula is C14H6Cl2F6. The molecule has 0 N–H and O–H groups in total. The van der Waals surface area contributed by atoms with Gasteiger partial charge < -0.3 is 0 Å². The van der Waals surface area contributed by atoms with Crippen LogP contribution in [0, 0.1) is 0 Å². The van der Waals surface area contributed by atoms with Crippen LogP contribution in [-0.2, 0) is 12.4 Å². The Labute approximate surface area is 131 Å². The van der Waals surface area contributed by atoms with Crippen molar-refractivity contribution in [3.63, 3.8) is 0 Å². The smallest absolute Gasteiger partial charge is 0.166 e. The zero-order valence-electron chi connectivity index (χ0n) is 10.5. The molecule has 0 unspecified atom stereocenters. The molecule has 0 heterocycles. The van der Waals surface area contributed by atoms with Crippen molar-refractivity contribution in [2.75, 3.05) is 0 Å². The maximum absolute atomic E-state index is 13.0. The Hall–Kier alpha value is -1.40. The van der Waals surface area contributed by atoms with Crippen LogP contribution in [-0.4, -0.2) is 0 Å². The SMILES string of the molecule is FC(F)(F)c1cc(Cl)cc(-c2cc(Cl)ccc2C(F)(F)F)c1. The minimum absolute atomic E-state index is 0.0310. The summed E-state index contributed by atoms with van der Waals surface area (Å²) < 4.78 is 77.3. The van der Waals surface area contributed by atoms with Gasteiger partial charge in [-0.15, -0.1) is 0 Å². The predicted molar refractivity (Wildman–Crippen MR) is 71.9 cm³/mol. The lowest BCUT2D eigenvalue weighted by atomic mass is 9.97. The molecule has 0 spiro atoms. The lowest BCUT2D eigenvalue weighted by Crippen LogP contribution is -2.08. The van der Waals surface area contributed by atoms with Crippen molar-refractivity contribution in [3.8, 4) is 11.1 Å². The number of rotatable bonds is 1. The van der Waals surface area contributed by atoms with E-state index in [2.05, 4.69) is 0 Å². The van der Waals surface area contributed by atoms with Gasteiger partial charge in [0.2, 0.25) is 0 Å². The Kier molecular flexibility index (Phi) is 4.37. The molecule has 22 heavy (non-hydrogen) atoms. The van der Waals surface area contributed by atoms with E-state index in [1.54, 1.807) is 0 Å². The molecule has 0 nitrogen and oxygen atoms in total. The van der Waals surface area contributed by atoms with Gasteiger partial charge in [0.25, 0.3) is 0 Å². The number of alkyl halides is 6. The molecule has 2 rings (SSSR count). The van der Waals surface area contributed by atoms with Crippen LogP contribution < -0.4 is 0 Å². The molecule has 0 aliphatic carbocycles. The Morgan fingerprint density at radius 2 is 1.32 bits per heavy atom. The molecule has 0 bridgehead atoms. The average Bonchev–Trinajstić information content (AvgIpc) is 2.35. The molecule has 0 aliphatic rings. The maximum atomic E-state index is 13.0. The Bertz CT molecular complexity index is 703. The zero-order chi connectivity index (χ0) is 16.7. The standard InChI is InChI=1S/C14H6Cl2F6/c15-9-1-2-12(14(20,21)22)11(6-9)7-3-8(13(17,18)19)5-10(16)4-7/h1-6H. The van der Waals surface area contributed by atoms with Gasteiger partial charge in [0.1, 0.15) is 0 Å². The molecule has 0 atom stereocenters. The number of benzene rings is 2. The molecule has 8 heteroatoms. The average molecular weight is 359 g/mol. The molecule has 0 radical (unpaired) electrons. The molecule has 0 aliphatic heterocycles. The first-order chi connectivity index (χ1) is 9.98. The first kappa shape index (κ1) is 17.0. The largest absolute Gasteiger partial charge is 0.417 e. The van der Waals surface area contributed by atoms with Gasteiger partial charge in [-0.1, -0.05) is 23.2 Å². The van der Waals surface area contributed by atoms with Gasteiger partial charge in [-0.05, 0) is 47.5 Å².